The molecule has 0 saturated carbocycles. The van der Waals surface area contributed by atoms with Crippen LogP contribution in [0.1, 0.15) is 48.5 Å². The Morgan fingerprint density at radius 1 is 1.28 bits per heavy atom. The van der Waals surface area contributed by atoms with Gasteiger partial charge in [-0.25, -0.2) is 4.98 Å². The van der Waals surface area contributed by atoms with E-state index in [1.54, 1.807) is 6.20 Å². The lowest BCUT2D eigenvalue weighted by Crippen LogP contribution is -2.34. The van der Waals surface area contributed by atoms with Gasteiger partial charge < -0.3 is 15.0 Å². The number of carbonyl (C=O) groups is 1. The van der Waals surface area contributed by atoms with Crippen LogP contribution in [0.3, 0.4) is 0 Å². The maximum atomic E-state index is 12.0. The number of pyridine rings is 1. The zero-order chi connectivity index (χ0) is 20.6. The van der Waals surface area contributed by atoms with Crippen molar-refractivity contribution in [2.24, 2.45) is 5.92 Å². The molecule has 0 aliphatic carbocycles. The predicted octanol–water partition coefficient (Wildman–Crippen LogP) is 4.87. The molecule has 6 heteroatoms. The number of anilines is 1. The van der Waals surface area contributed by atoms with Crippen LogP contribution in [-0.4, -0.2) is 37.1 Å². The van der Waals surface area contributed by atoms with E-state index in [-0.39, 0.29) is 5.91 Å². The molecule has 1 aliphatic rings. The molecule has 2 heterocycles. The molecule has 1 aromatic carbocycles. The molecular weight excluding hydrogens is 386 g/mol. The van der Waals surface area contributed by atoms with Crippen molar-refractivity contribution < 1.29 is 9.53 Å². The van der Waals surface area contributed by atoms with Gasteiger partial charge in [0.2, 0.25) is 0 Å². The van der Waals surface area contributed by atoms with E-state index in [9.17, 15) is 4.79 Å². The number of nitrogens with zero attached hydrogens (tertiary/aromatic N) is 2. The molecule has 29 heavy (non-hydrogen) atoms. The van der Waals surface area contributed by atoms with Crippen LogP contribution >= 0.6 is 11.6 Å². The molecule has 1 aliphatic heterocycles. The minimum Gasteiger partial charge on any atom is -0.494 e. The third kappa shape index (κ3) is 6.10. The average molecular weight is 416 g/mol. The Balaban J connectivity index is 1.37. The van der Waals surface area contributed by atoms with Crippen molar-refractivity contribution in [2.75, 3.05) is 31.1 Å². The van der Waals surface area contributed by atoms with Gasteiger partial charge in [-0.3, -0.25) is 4.79 Å². The van der Waals surface area contributed by atoms with E-state index in [1.165, 1.54) is 19.3 Å². The summed E-state index contributed by atoms with van der Waals surface area (Å²) in [6.07, 6.45) is 6.30. The molecular formula is C23H30ClN3O2. The maximum absolute atomic E-state index is 12.0. The Bertz CT molecular complexity index is 802. The van der Waals surface area contributed by atoms with Gasteiger partial charge in [0.25, 0.3) is 5.91 Å². The first-order valence-corrected chi connectivity index (χ1v) is 10.8. The Morgan fingerprint density at radius 3 is 2.72 bits per heavy atom. The fourth-order valence-corrected chi connectivity index (χ4v) is 3.92. The van der Waals surface area contributed by atoms with Crippen molar-refractivity contribution in [1.82, 2.24) is 10.3 Å². The summed E-state index contributed by atoms with van der Waals surface area (Å²) in [5.41, 5.74) is 1.65. The molecule has 2 aromatic rings. The van der Waals surface area contributed by atoms with Gasteiger partial charge >= 0.3 is 0 Å². The summed E-state index contributed by atoms with van der Waals surface area (Å²) in [5, 5.41) is 3.51. The van der Waals surface area contributed by atoms with Crippen LogP contribution in [-0.2, 0) is 0 Å². The molecule has 1 amide bonds. The summed E-state index contributed by atoms with van der Waals surface area (Å²) >= 11 is 5.92. The highest BCUT2D eigenvalue weighted by Gasteiger charge is 2.20. The Kier molecular flexibility index (Phi) is 7.76. The second-order valence-corrected chi connectivity index (χ2v) is 8.03. The number of halogens is 1. The van der Waals surface area contributed by atoms with E-state index in [4.69, 9.17) is 16.3 Å². The number of piperidine rings is 1. The van der Waals surface area contributed by atoms with Gasteiger partial charge in [0.15, 0.2) is 0 Å². The third-order valence-corrected chi connectivity index (χ3v) is 5.68. The molecule has 0 bridgehead atoms. The Labute approximate surface area is 178 Å². The van der Waals surface area contributed by atoms with Crippen LogP contribution < -0.4 is 15.0 Å². The minimum absolute atomic E-state index is 0.0308. The monoisotopic (exact) mass is 415 g/mol. The number of hydrogen-bond acceptors (Lipinski definition) is 4. The van der Waals surface area contributed by atoms with Crippen molar-refractivity contribution in [2.45, 2.75) is 39.5 Å². The number of amides is 1. The molecule has 5 nitrogen and oxygen atoms in total. The number of aryl methyl sites for hydroxylation is 1. The Morgan fingerprint density at radius 2 is 2.07 bits per heavy atom. The molecule has 156 valence electrons. The van der Waals surface area contributed by atoms with Gasteiger partial charge in [-0.15, -0.1) is 0 Å². The van der Waals surface area contributed by atoms with Crippen molar-refractivity contribution in [3.05, 3.63) is 52.7 Å². The van der Waals surface area contributed by atoms with Crippen LogP contribution in [0.2, 0.25) is 5.02 Å². The summed E-state index contributed by atoms with van der Waals surface area (Å²) < 4.78 is 5.91. The lowest BCUT2D eigenvalue weighted by atomic mass is 9.92. The first-order valence-electron chi connectivity index (χ1n) is 10.4. The Hall–Kier alpha value is -2.27. The molecule has 1 aromatic heterocycles. The highest BCUT2D eigenvalue weighted by molar-refractivity contribution is 6.30. The number of rotatable bonds is 8. The third-order valence-electron chi connectivity index (χ3n) is 5.46. The maximum Gasteiger partial charge on any atom is 0.251 e. The molecule has 1 fully saturated rings. The smallest absolute Gasteiger partial charge is 0.251 e. The van der Waals surface area contributed by atoms with Crippen LogP contribution in [0.5, 0.6) is 5.75 Å². The molecule has 0 unspecified atom stereocenters. The zero-order valence-electron chi connectivity index (χ0n) is 17.3. The standard InChI is InChI=1S/C23H30ClN3O2/c1-3-25-23(28)21-8-7-20(15-17(21)2)29-14-4-5-18-10-12-27(13-11-18)22-9-6-19(24)16-26-22/h6-9,15-16,18H,3-5,10-14H2,1-2H3,(H,25,28). The van der Waals surface area contributed by atoms with Gasteiger partial charge in [0, 0.05) is 31.4 Å². The van der Waals surface area contributed by atoms with E-state index in [0.29, 0.717) is 23.7 Å². The number of hydrogen-bond donors (Lipinski definition) is 1. The minimum atomic E-state index is -0.0308. The van der Waals surface area contributed by atoms with E-state index < -0.39 is 0 Å². The number of ether oxygens (including phenoxy) is 1. The van der Waals surface area contributed by atoms with Gasteiger partial charge in [0.1, 0.15) is 11.6 Å². The number of aromatic nitrogens is 1. The van der Waals surface area contributed by atoms with Crippen molar-refractivity contribution in [3.63, 3.8) is 0 Å². The first kappa shape index (κ1) is 21.4. The van der Waals surface area contributed by atoms with Crippen LogP contribution in [0, 0.1) is 12.8 Å². The molecule has 1 saturated heterocycles. The summed E-state index contributed by atoms with van der Waals surface area (Å²) in [5.74, 6) is 2.56. The zero-order valence-corrected chi connectivity index (χ0v) is 18.0. The lowest BCUT2D eigenvalue weighted by molar-refractivity contribution is 0.0955. The molecule has 0 atom stereocenters. The largest absolute Gasteiger partial charge is 0.494 e. The lowest BCUT2D eigenvalue weighted by Gasteiger charge is -2.32. The van der Waals surface area contributed by atoms with Gasteiger partial charge in [-0.05, 0) is 81.3 Å². The van der Waals surface area contributed by atoms with Crippen LogP contribution in [0.15, 0.2) is 36.5 Å². The first-order chi connectivity index (χ1) is 14.1. The fourth-order valence-electron chi connectivity index (χ4n) is 3.80. The summed E-state index contributed by atoms with van der Waals surface area (Å²) in [6.45, 7) is 7.29. The van der Waals surface area contributed by atoms with E-state index in [2.05, 4.69) is 15.2 Å². The summed E-state index contributed by atoms with van der Waals surface area (Å²) in [6, 6.07) is 9.57. The van der Waals surface area contributed by atoms with E-state index in [0.717, 1.165) is 42.6 Å². The average Bonchev–Trinajstić information content (AvgIpc) is 2.72. The summed E-state index contributed by atoms with van der Waals surface area (Å²) in [7, 11) is 0. The van der Waals surface area contributed by atoms with Crippen LogP contribution in [0.4, 0.5) is 5.82 Å². The molecule has 0 spiro atoms. The second kappa shape index (κ2) is 10.5. The van der Waals surface area contributed by atoms with Gasteiger partial charge in [-0.1, -0.05) is 11.6 Å². The highest BCUT2D eigenvalue weighted by Crippen LogP contribution is 2.26. The van der Waals surface area contributed by atoms with Gasteiger partial charge in [-0.2, -0.15) is 0 Å². The molecule has 3 rings (SSSR count). The molecule has 1 N–H and O–H groups in total. The van der Waals surface area contributed by atoms with Gasteiger partial charge in [0.05, 0.1) is 11.6 Å². The number of nitrogens with one attached hydrogen (secondary N) is 1. The summed E-state index contributed by atoms with van der Waals surface area (Å²) in [4.78, 5) is 18.7. The van der Waals surface area contributed by atoms with Crippen molar-refractivity contribution in [3.8, 4) is 5.75 Å². The predicted molar refractivity (Wildman–Crippen MR) is 118 cm³/mol. The normalized spacial score (nSPS) is 14.7. The topological polar surface area (TPSA) is 54.5 Å². The molecule has 0 radical (unpaired) electrons. The quantitative estimate of drug-likeness (QED) is 0.625. The van der Waals surface area contributed by atoms with Crippen LogP contribution in [0.25, 0.3) is 0 Å². The SMILES string of the molecule is CCNC(=O)c1ccc(OCCCC2CCN(c3ccc(Cl)cn3)CC2)cc1C. The second-order valence-electron chi connectivity index (χ2n) is 7.59. The van der Waals surface area contributed by atoms with E-state index in [1.807, 2.05) is 44.2 Å². The number of carbonyl (C=O) groups excluding carboxylic acids is 1. The fraction of sp³-hybridized carbons (Fsp3) is 0.478. The van der Waals surface area contributed by atoms with E-state index >= 15 is 0 Å². The van der Waals surface area contributed by atoms with Crippen molar-refractivity contribution in [1.29, 1.82) is 0 Å². The highest BCUT2D eigenvalue weighted by atomic mass is 35.5. The van der Waals surface area contributed by atoms with Crippen molar-refractivity contribution >= 4 is 23.3 Å². The number of benzene rings is 1.